The minimum Gasteiger partial charge on any atom is -0.342 e. The van der Waals surface area contributed by atoms with Crippen LogP contribution in [0, 0.1) is 6.92 Å². The summed E-state index contributed by atoms with van der Waals surface area (Å²) in [5.74, 6) is -0.138. The van der Waals surface area contributed by atoms with Crippen LogP contribution in [0.4, 0.5) is 8.78 Å². The van der Waals surface area contributed by atoms with E-state index in [0.29, 0.717) is 18.8 Å². The molecule has 152 valence electrons. The monoisotopic (exact) mass is 399 g/mol. The molecule has 0 spiro atoms. The van der Waals surface area contributed by atoms with Crippen molar-refractivity contribution in [2.75, 3.05) is 13.1 Å². The summed E-state index contributed by atoms with van der Waals surface area (Å²) in [7, 11) is 0. The van der Waals surface area contributed by atoms with Crippen LogP contribution in [-0.4, -0.2) is 43.5 Å². The minimum absolute atomic E-state index is 0.0520. The lowest BCUT2D eigenvalue weighted by molar-refractivity contribution is -0.133. The maximum Gasteiger partial charge on any atom is 0.280 e. The molecule has 1 aromatic carbocycles. The zero-order chi connectivity index (χ0) is 20.5. The molecule has 0 N–H and O–H groups in total. The highest BCUT2D eigenvalue weighted by Crippen LogP contribution is 2.30. The molecule has 0 bridgehead atoms. The third kappa shape index (κ3) is 3.83. The molecule has 3 heterocycles. The van der Waals surface area contributed by atoms with Crippen LogP contribution in [0.25, 0.3) is 5.78 Å². The van der Waals surface area contributed by atoms with E-state index in [9.17, 15) is 13.6 Å². The summed E-state index contributed by atoms with van der Waals surface area (Å²) < 4.78 is 28.0. The van der Waals surface area contributed by atoms with E-state index in [0.717, 1.165) is 28.5 Å². The molecule has 2 aromatic heterocycles. The van der Waals surface area contributed by atoms with E-state index >= 15 is 0 Å². The number of fused-ring (bicyclic) bond motifs is 1. The number of likely N-dealkylation sites (tertiary alicyclic amines) is 1. The number of hydrogen-bond acceptors (Lipinski definition) is 4. The number of aromatic nitrogens is 4. The summed E-state index contributed by atoms with van der Waals surface area (Å²) >= 11 is 0. The van der Waals surface area contributed by atoms with Gasteiger partial charge in [-0.3, -0.25) is 4.79 Å². The van der Waals surface area contributed by atoms with Gasteiger partial charge in [0.1, 0.15) is 12.0 Å². The van der Waals surface area contributed by atoms with E-state index in [1.807, 2.05) is 43.0 Å². The number of piperidine rings is 1. The van der Waals surface area contributed by atoms with E-state index < -0.39 is 6.43 Å². The predicted octanol–water partition coefficient (Wildman–Crippen LogP) is 3.88. The van der Waals surface area contributed by atoms with Gasteiger partial charge in [-0.1, -0.05) is 29.8 Å². The molecule has 6 nitrogen and oxygen atoms in total. The smallest absolute Gasteiger partial charge is 0.280 e. The van der Waals surface area contributed by atoms with Crippen LogP contribution in [0.5, 0.6) is 0 Å². The number of halogens is 2. The SMILES string of the molecule is Cc1ccc([C@@H](C)C(=O)N2CCC[C@@H](c3cc(C(F)F)n4ncnc4n3)C2)cc1. The number of rotatable bonds is 4. The molecule has 8 heteroatoms. The fourth-order valence-electron chi connectivity index (χ4n) is 3.91. The number of nitrogens with zero attached hydrogens (tertiary/aromatic N) is 5. The van der Waals surface area contributed by atoms with Crippen molar-refractivity contribution in [3.05, 3.63) is 59.2 Å². The number of amides is 1. The van der Waals surface area contributed by atoms with Crippen LogP contribution in [0.1, 0.15) is 60.5 Å². The van der Waals surface area contributed by atoms with E-state index in [-0.39, 0.29) is 29.2 Å². The molecule has 0 unspecified atom stereocenters. The van der Waals surface area contributed by atoms with Crippen LogP contribution in [-0.2, 0) is 4.79 Å². The zero-order valence-corrected chi connectivity index (χ0v) is 16.4. The molecular weight excluding hydrogens is 376 g/mol. The molecule has 1 aliphatic heterocycles. The molecule has 2 atom stereocenters. The van der Waals surface area contributed by atoms with Gasteiger partial charge in [-0.2, -0.15) is 14.6 Å². The van der Waals surface area contributed by atoms with Crippen LogP contribution >= 0.6 is 0 Å². The Labute approximate surface area is 167 Å². The number of hydrogen-bond donors (Lipinski definition) is 0. The second-order valence-corrected chi connectivity index (χ2v) is 7.63. The van der Waals surface area contributed by atoms with E-state index in [1.54, 1.807) is 0 Å². The average Bonchev–Trinajstić information content (AvgIpc) is 3.21. The normalized spacial score (nSPS) is 18.4. The van der Waals surface area contributed by atoms with Crippen LogP contribution in [0.15, 0.2) is 36.7 Å². The summed E-state index contributed by atoms with van der Waals surface area (Å²) in [6, 6.07) is 9.36. The van der Waals surface area contributed by atoms with Gasteiger partial charge < -0.3 is 4.90 Å². The van der Waals surface area contributed by atoms with Gasteiger partial charge in [0.15, 0.2) is 0 Å². The van der Waals surface area contributed by atoms with Crippen molar-refractivity contribution < 1.29 is 13.6 Å². The molecular formula is C21H23F2N5O. The van der Waals surface area contributed by atoms with Gasteiger partial charge >= 0.3 is 0 Å². The lowest BCUT2D eigenvalue weighted by Crippen LogP contribution is -2.41. The first-order valence-electron chi connectivity index (χ1n) is 9.78. The first-order chi connectivity index (χ1) is 13.9. The lowest BCUT2D eigenvalue weighted by Gasteiger charge is -2.34. The van der Waals surface area contributed by atoms with Gasteiger partial charge in [-0.25, -0.2) is 13.8 Å². The number of alkyl halides is 2. The number of carbonyl (C=O) groups is 1. The van der Waals surface area contributed by atoms with Gasteiger partial charge in [0.25, 0.3) is 12.2 Å². The Kier molecular flexibility index (Phi) is 5.25. The molecule has 1 fully saturated rings. The third-order valence-corrected chi connectivity index (χ3v) is 5.62. The highest BCUT2D eigenvalue weighted by molar-refractivity contribution is 5.83. The van der Waals surface area contributed by atoms with Crippen LogP contribution in [0.2, 0.25) is 0 Å². The molecule has 0 radical (unpaired) electrons. The summed E-state index contributed by atoms with van der Waals surface area (Å²) in [5, 5.41) is 3.83. The third-order valence-electron chi connectivity index (χ3n) is 5.62. The van der Waals surface area contributed by atoms with Crippen molar-refractivity contribution in [2.45, 2.75) is 45.0 Å². The Morgan fingerprint density at radius 1 is 1.24 bits per heavy atom. The fraction of sp³-hybridized carbons (Fsp3) is 0.429. The molecule has 29 heavy (non-hydrogen) atoms. The summed E-state index contributed by atoms with van der Waals surface area (Å²) in [6.07, 6.45) is 0.144. The topological polar surface area (TPSA) is 63.4 Å². The minimum atomic E-state index is -2.68. The van der Waals surface area contributed by atoms with E-state index in [2.05, 4.69) is 15.1 Å². The maximum atomic E-state index is 13.5. The Balaban J connectivity index is 1.56. The second kappa shape index (κ2) is 7.85. The van der Waals surface area contributed by atoms with Gasteiger partial charge in [0.05, 0.1) is 11.6 Å². The Hall–Kier alpha value is -2.90. The van der Waals surface area contributed by atoms with Crippen molar-refractivity contribution in [1.29, 1.82) is 0 Å². The quantitative estimate of drug-likeness (QED) is 0.668. The number of carbonyl (C=O) groups excluding carboxylic acids is 1. The van der Waals surface area contributed by atoms with Crippen molar-refractivity contribution in [1.82, 2.24) is 24.5 Å². The largest absolute Gasteiger partial charge is 0.342 e. The Bertz CT molecular complexity index is 1020. The molecule has 0 aliphatic carbocycles. The van der Waals surface area contributed by atoms with E-state index in [1.165, 1.54) is 12.4 Å². The van der Waals surface area contributed by atoms with Gasteiger partial charge in [-0.15, -0.1) is 0 Å². The van der Waals surface area contributed by atoms with Crippen LogP contribution in [0.3, 0.4) is 0 Å². The van der Waals surface area contributed by atoms with Gasteiger partial charge in [0, 0.05) is 19.0 Å². The Morgan fingerprint density at radius 3 is 2.72 bits per heavy atom. The molecule has 3 aromatic rings. The second-order valence-electron chi connectivity index (χ2n) is 7.63. The van der Waals surface area contributed by atoms with Crippen molar-refractivity contribution in [3.8, 4) is 0 Å². The number of aryl methyl sites for hydroxylation is 1. The van der Waals surface area contributed by atoms with Crippen molar-refractivity contribution in [2.24, 2.45) is 0 Å². The van der Waals surface area contributed by atoms with E-state index in [4.69, 9.17) is 0 Å². The van der Waals surface area contributed by atoms with Gasteiger partial charge in [0.2, 0.25) is 5.91 Å². The maximum absolute atomic E-state index is 13.5. The summed E-state index contributed by atoms with van der Waals surface area (Å²) in [5.41, 5.74) is 2.45. The molecule has 1 aliphatic rings. The lowest BCUT2D eigenvalue weighted by atomic mass is 9.92. The molecule has 1 amide bonds. The van der Waals surface area contributed by atoms with Gasteiger partial charge in [-0.05, 0) is 38.3 Å². The molecule has 1 saturated heterocycles. The molecule has 0 saturated carbocycles. The number of benzene rings is 1. The Morgan fingerprint density at radius 2 is 2.00 bits per heavy atom. The molecule has 4 rings (SSSR count). The fourth-order valence-corrected chi connectivity index (χ4v) is 3.91. The van der Waals surface area contributed by atoms with Crippen LogP contribution < -0.4 is 0 Å². The highest BCUT2D eigenvalue weighted by atomic mass is 19.3. The van der Waals surface area contributed by atoms with Crippen molar-refractivity contribution in [3.63, 3.8) is 0 Å². The summed E-state index contributed by atoms with van der Waals surface area (Å²) in [6.45, 7) is 5.06. The first kappa shape index (κ1) is 19.4. The summed E-state index contributed by atoms with van der Waals surface area (Å²) in [4.78, 5) is 23.3. The first-order valence-corrected chi connectivity index (χ1v) is 9.78. The standard InChI is InChI=1S/C21H23F2N5O/c1-13-5-7-15(8-6-13)14(2)20(29)27-9-3-4-16(11-27)17-10-18(19(22)23)28-21(26-17)24-12-25-28/h5-8,10,12,14,16,19H,3-4,9,11H2,1-2H3/t14-,16-/m1/s1. The predicted molar refractivity (Wildman–Crippen MR) is 104 cm³/mol. The van der Waals surface area contributed by atoms with Crippen molar-refractivity contribution >= 4 is 11.7 Å². The average molecular weight is 399 g/mol. The zero-order valence-electron chi connectivity index (χ0n) is 16.4. The highest BCUT2D eigenvalue weighted by Gasteiger charge is 2.30.